The molecule has 0 spiro atoms. The van der Waals surface area contributed by atoms with Crippen LogP contribution in [-0.4, -0.2) is 4.98 Å². The Morgan fingerprint density at radius 3 is 2.79 bits per heavy atom. The van der Waals surface area contributed by atoms with Crippen LogP contribution >= 0.6 is 34.2 Å². The highest BCUT2D eigenvalue weighted by Crippen LogP contribution is 2.31. The van der Waals surface area contributed by atoms with E-state index in [0.717, 1.165) is 9.13 Å². The van der Waals surface area contributed by atoms with Gasteiger partial charge in [0, 0.05) is 9.64 Å². The molecule has 6 heteroatoms. The summed E-state index contributed by atoms with van der Waals surface area (Å²) in [7, 11) is 0. The lowest BCUT2D eigenvalue weighted by atomic mass is 10.2. The summed E-state index contributed by atoms with van der Waals surface area (Å²) in [6.45, 7) is 0. The predicted molar refractivity (Wildman–Crippen MR) is 81.5 cm³/mol. The molecule has 0 unspecified atom stereocenters. The second kappa shape index (κ2) is 4.64. The Kier molecular flexibility index (Phi) is 3.10. The first-order chi connectivity index (χ1) is 9.04. The summed E-state index contributed by atoms with van der Waals surface area (Å²) >= 11 is 7.97. The van der Waals surface area contributed by atoms with E-state index in [1.54, 1.807) is 18.2 Å². The molecule has 3 nitrogen and oxygen atoms in total. The highest BCUT2D eigenvalue weighted by Gasteiger charge is 2.13. The lowest BCUT2D eigenvalue weighted by Crippen LogP contribution is -1.85. The van der Waals surface area contributed by atoms with Crippen molar-refractivity contribution in [2.45, 2.75) is 0 Å². The Hall–Kier alpha value is -1.34. The fraction of sp³-hybridized carbons (Fsp3) is 0. The minimum Gasteiger partial charge on any atom is -0.436 e. The Morgan fingerprint density at radius 2 is 2.05 bits per heavy atom. The van der Waals surface area contributed by atoms with E-state index in [1.807, 2.05) is 22.6 Å². The van der Waals surface area contributed by atoms with Gasteiger partial charge in [-0.1, -0.05) is 11.6 Å². The van der Waals surface area contributed by atoms with E-state index in [9.17, 15) is 4.39 Å². The maximum Gasteiger partial charge on any atom is 0.228 e. The van der Waals surface area contributed by atoms with Crippen LogP contribution in [0.2, 0.25) is 5.02 Å². The van der Waals surface area contributed by atoms with E-state index in [4.69, 9.17) is 21.8 Å². The number of benzene rings is 2. The molecule has 0 amide bonds. The van der Waals surface area contributed by atoms with Crippen LogP contribution in [0.1, 0.15) is 0 Å². The molecular formula is C13H7ClFIN2O. The number of fused-ring (bicyclic) bond motifs is 1. The molecular weight excluding hydrogens is 382 g/mol. The van der Waals surface area contributed by atoms with Crippen LogP contribution in [0.4, 0.5) is 10.1 Å². The van der Waals surface area contributed by atoms with Gasteiger partial charge in [0.25, 0.3) is 0 Å². The van der Waals surface area contributed by atoms with E-state index < -0.39 is 0 Å². The van der Waals surface area contributed by atoms with Gasteiger partial charge in [0.05, 0.1) is 16.3 Å². The Morgan fingerprint density at radius 1 is 1.26 bits per heavy atom. The molecule has 2 N–H and O–H groups in total. The molecule has 1 aromatic heterocycles. The molecule has 1 heterocycles. The molecule has 3 aromatic rings. The van der Waals surface area contributed by atoms with Crippen molar-refractivity contribution >= 4 is 51.0 Å². The number of halogens is 3. The van der Waals surface area contributed by atoms with Crippen molar-refractivity contribution in [3.05, 3.63) is 44.7 Å². The van der Waals surface area contributed by atoms with E-state index in [2.05, 4.69) is 4.98 Å². The van der Waals surface area contributed by atoms with Gasteiger partial charge in [0.15, 0.2) is 5.58 Å². The van der Waals surface area contributed by atoms with E-state index >= 15 is 0 Å². The topological polar surface area (TPSA) is 52.0 Å². The maximum absolute atomic E-state index is 13.1. The standard InChI is InChI=1S/C13H7ClFIN2O/c14-8-4-11-12(5-10(8)17)19-13(18-11)7-2-1-6(15)3-9(7)16/h1-5H,17H2. The van der Waals surface area contributed by atoms with Gasteiger partial charge >= 0.3 is 0 Å². The van der Waals surface area contributed by atoms with Gasteiger partial charge in [0.1, 0.15) is 11.3 Å². The molecule has 0 radical (unpaired) electrons. The zero-order valence-corrected chi connectivity index (χ0v) is 12.4. The number of anilines is 1. The van der Waals surface area contributed by atoms with Crippen molar-refractivity contribution in [3.8, 4) is 11.5 Å². The monoisotopic (exact) mass is 388 g/mol. The van der Waals surface area contributed by atoms with Crippen molar-refractivity contribution in [2.75, 3.05) is 5.73 Å². The highest BCUT2D eigenvalue weighted by molar-refractivity contribution is 14.1. The first-order valence-corrected chi connectivity index (χ1v) is 6.81. The van der Waals surface area contributed by atoms with Crippen LogP contribution in [0.15, 0.2) is 34.7 Å². The van der Waals surface area contributed by atoms with Gasteiger partial charge in [-0.2, -0.15) is 0 Å². The molecule has 0 saturated carbocycles. The first kappa shape index (κ1) is 12.7. The quantitative estimate of drug-likeness (QED) is 0.494. The summed E-state index contributed by atoms with van der Waals surface area (Å²) in [4.78, 5) is 4.34. The summed E-state index contributed by atoms with van der Waals surface area (Å²) in [6.07, 6.45) is 0. The summed E-state index contributed by atoms with van der Waals surface area (Å²) in [6, 6.07) is 7.70. The van der Waals surface area contributed by atoms with Crippen LogP contribution in [0, 0.1) is 9.39 Å². The summed E-state index contributed by atoms with van der Waals surface area (Å²) < 4.78 is 19.4. The third-order valence-electron chi connectivity index (χ3n) is 2.67. The fourth-order valence-corrected chi connectivity index (χ4v) is 2.61. The second-order valence-corrected chi connectivity index (χ2v) is 5.55. The number of oxazole rings is 1. The molecule has 96 valence electrons. The Bertz CT molecular complexity index is 749. The molecule has 2 aromatic carbocycles. The maximum atomic E-state index is 13.1. The SMILES string of the molecule is Nc1cc2oc(-c3ccc(F)cc3I)nc2cc1Cl. The Balaban J connectivity index is 2.20. The first-order valence-electron chi connectivity index (χ1n) is 5.35. The van der Waals surface area contributed by atoms with Crippen LogP contribution in [0.5, 0.6) is 0 Å². The number of aromatic nitrogens is 1. The lowest BCUT2D eigenvalue weighted by molar-refractivity contribution is 0.615. The largest absolute Gasteiger partial charge is 0.436 e. The third-order valence-corrected chi connectivity index (χ3v) is 3.89. The molecule has 19 heavy (non-hydrogen) atoms. The van der Waals surface area contributed by atoms with Crippen LogP contribution < -0.4 is 5.73 Å². The molecule has 0 aliphatic carbocycles. The van der Waals surface area contributed by atoms with Crippen molar-refractivity contribution < 1.29 is 8.81 Å². The minimum absolute atomic E-state index is 0.295. The zero-order chi connectivity index (χ0) is 13.6. The molecule has 3 rings (SSSR count). The summed E-state index contributed by atoms with van der Waals surface area (Å²) in [5.74, 6) is 0.123. The molecule has 0 fully saturated rings. The third kappa shape index (κ3) is 2.28. The normalized spacial score (nSPS) is 11.1. The van der Waals surface area contributed by atoms with Gasteiger partial charge in [0.2, 0.25) is 5.89 Å². The average Bonchev–Trinajstić information content (AvgIpc) is 2.72. The van der Waals surface area contributed by atoms with E-state index in [0.29, 0.717) is 27.7 Å². The summed E-state index contributed by atoms with van der Waals surface area (Å²) in [5.41, 5.74) is 8.05. The molecule has 0 bridgehead atoms. The Labute approximate surface area is 126 Å². The number of nitrogens with two attached hydrogens (primary N) is 1. The van der Waals surface area contributed by atoms with Crippen molar-refractivity contribution in [1.29, 1.82) is 0 Å². The van der Waals surface area contributed by atoms with E-state index in [1.165, 1.54) is 12.1 Å². The minimum atomic E-state index is -0.295. The molecule has 0 aliphatic rings. The van der Waals surface area contributed by atoms with Crippen LogP contribution in [0.25, 0.3) is 22.6 Å². The van der Waals surface area contributed by atoms with Crippen LogP contribution in [0.3, 0.4) is 0 Å². The number of hydrogen-bond donors (Lipinski definition) is 1. The molecule has 0 aliphatic heterocycles. The smallest absolute Gasteiger partial charge is 0.228 e. The second-order valence-electron chi connectivity index (χ2n) is 3.98. The van der Waals surface area contributed by atoms with Gasteiger partial charge in [-0.15, -0.1) is 0 Å². The summed E-state index contributed by atoms with van der Waals surface area (Å²) in [5, 5.41) is 0.432. The van der Waals surface area contributed by atoms with Gasteiger partial charge in [-0.25, -0.2) is 9.37 Å². The zero-order valence-electron chi connectivity index (χ0n) is 9.45. The van der Waals surface area contributed by atoms with Gasteiger partial charge in [-0.05, 0) is 46.9 Å². The van der Waals surface area contributed by atoms with Gasteiger partial charge < -0.3 is 10.2 Å². The van der Waals surface area contributed by atoms with E-state index in [-0.39, 0.29) is 5.82 Å². The average molecular weight is 389 g/mol. The fourth-order valence-electron chi connectivity index (χ4n) is 1.74. The number of nitrogens with zero attached hydrogens (tertiary/aromatic N) is 1. The predicted octanol–water partition coefficient (Wildman–Crippen LogP) is 4.47. The highest BCUT2D eigenvalue weighted by atomic mass is 127. The lowest BCUT2D eigenvalue weighted by Gasteiger charge is -1.98. The number of nitrogen functional groups attached to an aromatic ring is 1. The number of hydrogen-bond acceptors (Lipinski definition) is 3. The van der Waals surface area contributed by atoms with Crippen molar-refractivity contribution in [3.63, 3.8) is 0 Å². The van der Waals surface area contributed by atoms with Crippen molar-refractivity contribution in [1.82, 2.24) is 4.98 Å². The van der Waals surface area contributed by atoms with Gasteiger partial charge in [-0.3, -0.25) is 0 Å². The molecule has 0 saturated heterocycles. The molecule has 0 atom stereocenters. The van der Waals surface area contributed by atoms with Crippen molar-refractivity contribution in [2.24, 2.45) is 0 Å². The van der Waals surface area contributed by atoms with Crippen LogP contribution in [-0.2, 0) is 0 Å². The number of rotatable bonds is 1.